The number of carbonyl (C=O) groups excluding carboxylic acids is 1. The minimum Gasteiger partial charge on any atom is -0.339 e. The van der Waals surface area contributed by atoms with Gasteiger partial charge in [-0.1, -0.05) is 0 Å². The maximum absolute atomic E-state index is 12.3. The Labute approximate surface area is 120 Å². The van der Waals surface area contributed by atoms with Crippen LogP contribution < -0.4 is 0 Å². The van der Waals surface area contributed by atoms with Crippen molar-refractivity contribution in [3.8, 4) is 0 Å². The third-order valence-electron chi connectivity index (χ3n) is 5.01. The summed E-state index contributed by atoms with van der Waals surface area (Å²) in [7, 11) is 4.32. The molecule has 0 radical (unpaired) electrons. The zero-order chi connectivity index (χ0) is 14.2. The van der Waals surface area contributed by atoms with E-state index in [1.54, 1.807) is 18.5 Å². The zero-order valence-corrected chi connectivity index (χ0v) is 12.2. The molecule has 0 N–H and O–H groups in total. The summed E-state index contributed by atoms with van der Waals surface area (Å²) in [6, 6.07) is 2.48. The highest BCUT2D eigenvalue weighted by Gasteiger charge is 2.46. The van der Waals surface area contributed by atoms with Gasteiger partial charge in [-0.05, 0) is 51.3 Å². The van der Waals surface area contributed by atoms with E-state index < -0.39 is 0 Å². The van der Waals surface area contributed by atoms with Crippen LogP contribution in [0.1, 0.15) is 36.0 Å². The molecule has 1 aromatic heterocycles. The molecule has 108 valence electrons. The minimum atomic E-state index is 0.0956. The monoisotopic (exact) mass is 274 g/mol. The van der Waals surface area contributed by atoms with Crippen LogP contribution in [0.5, 0.6) is 0 Å². The second-order valence-electron chi connectivity index (χ2n) is 6.45. The van der Waals surface area contributed by atoms with Gasteiger partial charge in [-0.15, -0.1) is 0 Å². The molecule has 20 heavy (non-hydrogen) atoms. The lowest BCUT2D eigenvalue weighted by molar-refractivity contribution is -0.0231. The highest BCUT2D eigenvalue weighted by molar-refractivity contribution is 5.93. The van der Waals surface area contributed by atoms with E-state index >= 15 is 0 Å². The van der Waals surface area contributed by atoms with E-state index in [2.05, 4.69) is 29.2 Å². The maximum atomic E-state index is 12.3. The fourth-order valence-electron chi connectivity index (χ4n) is 3.50. The normalized spacial score (nSPS) is 22.1. The number of aromatic nitrogens is 2. The molecule has 1 aromatic rings. The van der Waals surface area contributed by atoms with Crippen molar-refractivity contribution in [2.24, 2.45) is 5.41 Å². The Morgan fingerprint density at radius 3 is 2.55 bits per heavy atom. The average molecular weight is 274 g/mol. The average Bonchev–Trinajstić information content (AvgIpc) is 2.45. The van der Waals surface area contributed by atoms with E-state index in [0.29, 0.717) is 11.0 Å². The van der Waals surface area contributed by atoms with Crippen LogP contribution in [0.2, 0.25) is 0 Å². The number of nitrogens with zero attached hydrogens (tertiary/aromatic N) is 4. The van der Waals surface area contributed by atoms with Gasteiger partial charge in [0.05, 0.1) is 18.0 Å². The Balaban J connectivity index is 1.56. The largest absolute Gasteiger partial charge is 0.339 e. The van der Waals surface area contributed by atoms with Gasteiger partial charge in [0.2, 0.25) is 0 Å². The lowest BCUT2D eigenvalue weighted by atomic mass is 9.60. The number of piperidine rings is 1. The Hall–Kier alpha value is -1.49. The Morgan fingerprint density at radius 2 is 2.00 bits per heavy atom. The van der Waals surface area contributed by atoms with E-state index in [4.69, 9.17) is 0 Å². The van der Waals surface area contributed by atoms with Crippen molar-refractivity contribution in [2.75, 3.05) is 27.2 Å². The summed E-state index contributed by atoms with van der Waals surface area (Å²) in [6.07, 6.45) is 7.99. The summed E-state index contributed by atoms with van der Waals surface area (Å²) in [4.78, 5) is 16.6. The molecule has 2 fully saturated rings. The SMILES string of the molecule is CN(C)C1CC2(CCN(C(=O)c3ccnnc3)CC2)C1. The van der Waals surface area contributed by atoms with Crippen molar-refractivity contribution in [1.82, 2.24) is 20.0 Å². The third kappa shape index (κ3) is 2.42. The summed E-state index contributed by atoms with van der Waals surface area (Å²) in [6.45, 7) is 1.75. The van der Waals surface area contributed by atoms with E-state index in [-0.39, 0.29) is 5.91 Å². The van der Waals surface area contributed by atoms with Gasteiger partial charge in [0.25, 0.3) is 5.91 Å². The predicted molar refractivity (Wildman–Crippen MR) is 76.3 cm³/mol. The summed E-state index contributed by atoms with van der Waals surface area (Å²) < 4.78 is 0. The fourth-order valence-corrected chi connectivity index (χ4v) is 3.50. The van der Waals surface area contributed by atoms with Crippen LogP contribution in [0.3, 0.4) is 0 Å². The molecule has 0 unspecified atom stereocenters. The van der Waals surface area contributed by atoms with E-state index in [0.717, 1.165) is 32.0 Å². The quantitative estimate of drug-likeness (QED) is 0.818. The predicted octanol–water partition coefficient (Wildman–Crippen LogP) is 1.42. The lowest BCUT2D eigenvalue weighted by Crippen LogP contribution is -2.54. The van der Waals surface area contributed by atoms with E-state index in [1.807, 2.05) is 4.90 Å². The van der Waals surface area contributed by atoms with Gasteiger partial charge in [-0.2, -0.15) is 10.2 Å². The maximum Gasteiger partial charge on any atom is 0.255 e. The fraction of sp³-hybridized carbons (Fsp3) is 0.667. The second kappa shape index (κ2) is 5.13. The van der Waals surface area contributed by atoms with Crippen LogP contribution in [-0.2, 0) is 0 Å². The minimum absolute atomic E-state index is 0.0956. The van der Waals surface area contributed by atoms with E-state index in [9.17, 15) is 4.79 Å². The molecular formula is C15H22N4O. The van der Waals surface area contributed by atoms with Gasteiger partial charge in [0.1, 0.15) is 0 Å². The standard InChI is InChI=1S/C15H22N4O/c1-18(2)13-9-15(10-13)4-7-19(8-5-15)14(20)12-3-6-16-17-11-12/h3,6,11,13H,4-5,7-10H2,1-2H3. The molecule has 0 atom stereocenters. The molecule has 1 saturated heterocycles. The first-order valence-electron chi connectivity index (χ1n) is 7.32. The van der Waals surface area contributed by atoms with Crippen LogP contribution in [0.4, 0.5) is 0 Å². The Morgan fingerprint density at radius 1 is 1.30 bits per heavy atom. The van der Waals surface area contributed by atoms with Gasteiger partial charge < -0.3 is 9.80 Å². The number of carbonyl (C=O) groups is 1. The molecule has 0 bridgehead atoms. The highest BCUT2D eigenvalue weighted by Crippen LogP contribution is 2.50. The van der Waals surface area contributed by atoms with Crippen LogP contribution in [0.15, 0.2) is 18.5 Å². The first-order chi connectivity index (χ1) is 9.60. The number of hydrogen-bond acceptors (Lipinski definition) is 4. The van der Waals surface area contributed by atoms with Crippen molar-refractivity contribution in [1.29, 1.82) is 0 Å². The van der Waals surface area contributed by atoms with Crippen molar-refractivity contribution in [3.05, 3.63) is 24.0 Å². The van der Waals surface area contributed by atoms with Crippen molar-refractivity contribution in [2.45, 2.75) is 31.7 Å². The number of rotatable bonds is 2. The summed E-state index contributed by atoms with van der Waals surface area (Å²) >= 11 is 0. The first-order valence-corrected chi connectivity index (χ1v) is 7.32. The molecule has 0 aromatic carbocycles. The van der Waals surface area contributed by atoms with Crippen LogP contribution in [0, 0.1) is 5.41 Å². The molecule has 1 amide bonds. The van der Waals surface area contributed by atoms with E-state index in [1.165, 1.54) is 12.8 Å². The Bertz CT molecular complexity index is 472. The van der Waals surface area contributed by atoms with Crippen LogP contribution in [-0.4, -0.2) is 59.1 Å². The summed E-state index contributed by atoms with van der Waals surface area (Å²) in [5.41, 5.74) is 1.15. The van der Waals surface area contributed by atoms with Gasteiger partial charge in [0.15, 0.2) is 0 Å². The summed E-state index contributed by atoms with van der Waals surface area (Å²) in [5.74, 6) is 0.0956. The second-order valence-corrected chi connectivity index (χ2v) is 6.45. The van der Waals surface area contributed by atoms with Crippen LogP contribution in [0.25, 0.3) is 0 Å². The molecule has 2 aliphatic rings. The third-order valence-corrected chi connectivity index (χ3v) is 5.01. The molecule has 1 saturated carbocycles. The topological polar surface area (TPSA) is 49.3 Å². The smallest absolute Gasteiger partial charge is 0.255 e. The van der Waals surface area contributed by atoms with Gasteiger partial charge in [-0.25, -0.2) is 0 Å². The molecular weight excluding hydrogens is 252 g/mol. The molecule has 1 aliphatic heterocycles. The van der Waals surface area contributed by atoms with Gasteiger partial charge in [0, 0.05) is 19.1 Å². The van der Waals surface area contributed by atoms with Crippen molar-refractivity contribution < 1.29 is 4.79 Å². The highest BCUT2D eigenvalue weighted by atomic mass is 16.2. The number of hydrogen-bond donors (Lipinski definition) is 0. The summed E-state index contributed by atoms with van der Waals surface area (Å²) in [5, 5.41) is 7.50. The zero-order valence-electron chi connectivity index (χ0n) is 12.2. The molecule has 5 heteroatoms. The number of likely N-dealkylation sites (tertiary alicyclic amines) is 1. The number of amides is 1. The Kier molecular flexibility index (Phi) is 3.46. The van der Waals surface area contributed by atoms with Gasteiger partial charge in [-0.3, -0.25) is 4.79 Å². The van der Waals surface area contributed by atoms with Crippen molar-refractivity contribution >= 4 is 5.91 Å². The van der Waals surface area contributed by atoms with Crippen molar-refractivity contribution in [3.63, 3.8) is 0 Å². The first kappa shape index (κ1) is 13.5. The van der Waals surface area contributed by atoms with Gasteiger partial charge >= 0.3 is 0 Å². The molecule has 2 heterocycles. The van der Waals surface area contributed by atoms with Crippen LogP contribution >= 0.6 is 0 Å². The molecule has 1 spiro atoms. The lowest BCUT2D eigenvalue weighted by Gasteiger charge is -2.54. The molecule has 5 nitrogen and oxygen atoms in total. The molecule has 1 aliphatic carbocycles. The molecule has 3 rings (SSSR count).